The summed E-state index contributed by atoms with van der Waals surface area (Å²) in [5.74, 6) is 1.83. The van der Waals surface area contributed by atoms with Crippen molar-refractivity contribution in [3.8, 4) is 11.3 Å². The third-order valence-corrected chi connectivity index (χ3v) is 4.41. The number of rotatable bonds is 4. The van der Waals surface area contributed by atoms with Gasteiger partial charge < -0.3 is 10.3 Å². The molecule has 3 nitrogen and oxygen atoms in total. The third kappa shape index (κ3) is 2.47. The molecule has 3 rings (SSSR count). The van der Waals surface area contributed by atoms with Crippen molar-refractivity contribution in [3.63, 3.8) is 0 Å². The van der Waals surface area contributed by atoms with E-state index in [1.165, 1.54) is 12.8 Å². The van der Waals surface area contributed by atoms with E-state index in [4.69, 9.17) is 22.3 Å². The van der Waals surface area contributed by atoms with Crippen LogP contribution in [0.1, 0.15) is 38.1 Å². The topological polar surface area (TPSA) is 43.8 Å². The van der Waals surface area contributed by atoms with Crippen LogP contribution in [0.15, 0.2) is 22.7 Å². The molecule has 0 bridgehead atoms. The summed E-state index contributed by atoms with van der Waals surface area (Å²) in [6, 6.07) is 6.31. The highest BCUT2D eigenvalue weighted by Crippen LogP contribution is 2.42. The zero-order valence-corrected chi connectivity index (χ0v) is 13.7. The maximum absolute atomic E-state index is 6.35. The number of aryl methyl sites for hydroxylation is 1. The van der Waals surface area contributed by atoms with E-state index in [-0.39, 0.29) is 0 Å². The lowest BCUT2D eigenvalue weighted by molar-refractivity contribution is 0.676. The Morgan fingerprint density at radius 3 is 2.85 bits per heavy atom. The van der Waals surface area contributed by atoms with Gasteiger partial charge in [-0.1, -0.05) is 34.5 Å². The van der Waals surface area contributed by atoms with Crippen LogP contribution in [-0.2, 0) is 6.42 Å². The summed E-state index contributed by atoms with van der Waals surface area (Å²) in [5.41, 5.74) is 8.06. The third-order valence-electron chi connectivity index (χ3n) is 3.59. The minimum atomic E-state index is 0.531. The Morgan fingerprint density at radius 1 is 1.45 bits per heavy atom. The van der Waals surface area contributed by atoms with Crippen molar-refractivity contribution in [2.24, 2.45) is 0 Å². The Hall–Kier alpha value is -1.00. The molecule has 0 amide bonds. The predicted octanol–water partition coefficient (Wildman–Crippen LogP) is 4.84. The highest BCUT2D eigenvalue weighted by atomic mass is 79.9. The minimum absolute atomic E-state index is 0.531. The van der Waals surface area contributed by atoms with E-state index < -0.39 is 0 Å². The Bertz CT molecular complexity index is 647. The number of nitrogens with two attached hydrogens (primary N) is 1. The fraction of sp³-hybridized carbons (Fsp3) is 0.400. The number of anilines is 1. The normalized spacial score (nSPS) is 14.8. The molecule has 1 aromatic carbocycles. The van der Waals surface area contributed by atoms with Crippen LogP contribution in [0.2, 0.25) is 5.02 Å². The maximum atomic E-state index is 6.35. The van der Waals surface area contributed by atoms with Gasteiger partial charge in [-0.3, -0.25) is 0 Å². The Kier molecular flexibility index (Phi) is 3.78. The second-order valence-corrected chi connectivity index (χ2v) is 6.56. The number of benzene rings is 1. The summed E-state index contributed by atoms with van der Waals surface area (Å²) in [5, 5.41) is 0.684. The van der Waals surface area contributed by atoms with E-state index in [0.29, 0.717) is 11.1 Å². The molecule has 1 aromatic heterocycles. The van der Waals surface area contributed by atoms with Crippen LogP contribution in [0.25, 0.3) is 11.3 Å². The zero-order chi connectivity index (χ0) is 14.3. The van der Waals surface area contributed by atoms with Gasteiger partial charge >= 0.3 is 0 Å². The monoisotopic (exact) mass is 353 g/mol. The number of hydrogen-bond acceptors (Lipinski definition) is 2. The van der Waals surface area contributed by atoms with E-state index in [0.717, 1.165) is 40.2 Å². The molecule has 1 saturated carbocycles. The SMILES string of the molecule is CCCc1nc(-c2cc(Br)ccc2Cl)c(N)n1C1CC1. The Balaban J connectivity index is 2.13. The first-order chi connectivity index (χ1) is 9.61. The largest absolute Gasteiger partial charge is 0.383 e. The molecule has 2 N–H and O–H groups in total. The highest BCUT2D eigenvalue weighted by molar-refractivity contribution is 9.10. The van der Waals surface area contributed by atoms with Crippen LogP contribution in [0.5, 0.6) is 0 Å². The number of nitrogens with zero attached hydrogens (tertiary/aromatic N) is 2. The van der Waals surface area contributed by atoms with E-state index in [1.807, 2.05) is 18.2 Å². The van der Waals surface area contributed by atoms with E-state index in [1.54, 1.807) is 0 Å². The van der Waals surface area contributed by atoms with Crippen LogP contribution >= 0.6 is 27.5 Å². The van der Waals surface area contributed by atoms with Gasteiger partial charge in [-0.2, -0.15) is 0 Å². The van der Waals surface area contributed by atoms with Gasteiger partial charge in [-0.05, 0) is 37.5 Å². The number of nitrogen functional groups attached to an aromatic ring is 1. The van der Waals surface area contributed by atoms with Crippen molar-refractivity contribution in [1.82, 2.24) is 9.55 Å². The molecule has 106 valence electrons. The van der Waals surface area contributed by atoms with Gasteiger partial charge in [0.05, 0.1) is 5.02 Å². The van der Waals surface area contributed by atoms with Crippen molar-refractivity contribution in [2.45, 2.75) is 38.6 Å². The van der Waals surface area contributed by atoms with Gasteiger partial charge in [0, 0.05) is 22.5 Å². The van der Waals surface area contributed by atoms with Gasteiger partial charge in [0.15, 0.2) is 0 Å². The van der Waals surface area contributed by atoms with Crippen molar-refractivity contribution in [3.05, 3.63) is 33.5 Å². The molecule has 0 saturated heterocycles. The quantitative estimate of drug-likeness (QED) is 0.854. The molecule has 2 aromatic rings. The van der Waals surface area contributed by atoms with Crippen molar-refractivity contribution < 1.29 is 0 Å². The van der Waals surface area contributed by atoms with Crippen molar-refractivity contribution in [2.75, 3.05) is 5.73 Å². The first-order valence-corrected chi connectivity index (χ1v) is 8.11. The molecule has 0 radical (unpaired) electrons. The van der Waals surface area contributed by atoms with Crippen LogP contribution in [0, 0.1) is 0 Å². The van der Waals surface area contributed by atoms with E-state index in [2.05, 4.69) is 27.4 Å². The van der Waals surface area contributed by atoms with E-state index >= 15 is 0 Å². The summed E-state index contributed by atoms with van der Waals surface area (Å²) < 4.78 is 3.19. The second kappa shape index (κ2) is 5.41. The summed E-state index contributed by atoms with van der Waals surface area (Å²) in [6.07, 6.45) is 4.41. The minimum Gasteiger partial charge on any atom is -0.383 e. The van der Waals surface area contributed by atoms with Gasteiger partial charge in [-0.15, -0.1) is 0 Å². The Morgan fingerprint density at radius 2 is 2.20 bits per heavy atom. The second-order valence-electron chi connectivity index (χ2n) is 5.24. The Labute approximate surface area is 132 Å². The van der Waals surface area contributed by atoms with E-state index in [9.17, 15) is 0 Å². The van der Waals surface area contributed by atoms with Crippen LogP contribution in [-0.4, -0.2) is 9.55 Å². The lowest BCUT2D eigenvalue weighted by atomic mass is 10.1. The first-order valence-electron chi connectivity index (χ1n) is 6.93. The van der Waals surface area contributed by atoms with Crippen molar-refractivity contribution in [1.29, 1.82) is 0 Å². The number of aromatic nitrogens is 2. The number of halogens is 2. The summed E-state index contributed by atoms with van der Waals surface area (Å²) in [6.45, 7) is 2.16. The average Bonchev–Trinajstić information content (AvgIpc) is 3.19. The van der Waals surface area contributed by atoms with Gasteiger partial charge in [0.1, 0.15) is 17.3 Å². The van der Waals surface area contributed by atoms with Gasteiger partial charge in [0.25, 0.3) is 0 Å². The fourth-order valence-corrected chi connectivity index (χ4v) is 3.08. The molecule has 20 heavy (non-hydrogen) atoms. The van der Waals surface area contributed by atoms with Gasteiger partial charge in [-0.25, -0.2) is 4.98 Å². The summed E-state index contributed by atoms with van der Waals surface area (Å²) in [7, 11) is 0. The van der Waals surface area contributed by atoms with Crippen LogP contribution in [0.4, 0.5) is 5.82 Å². The number of imidazole rings is 1. The fourth-order valence-electron chi connectivity index (χ4n) is 2.51. The average molecular weight is 355 g/mol. The summed E-state index contributed by atoms with van der Waals surface area (Å²) in [4.78, 5) is 4.77. The van der Waals surface area contributed by atoms with Crippen LogP contribution in [0.3, 0.4) is 0 Å². The lowest BCUT2D eigenvalue weighted by Gasteiger charge is -2.07. The molecule has 0 unspecified atom stereocenters. The first kappa shape index (κ1) is 14.0. The number of hydrogen-bond donors (Lipinski definition) is 1. The maximum Gasteiger partial charge on any atom is 0.132 e. The smallest absolute Gasteiger partial charge is 0.132 e. The molecule has 0 atom stereocenters. The highest BCUT2D eigenvalue weighted by Gasteiger charge is 2.30. The molecule has 1 aliphatic rings. The molecule has 1 heterocycles. The standard InChI is InChI=1S/C15H17BrClN3/c1-2-3-13-19-14(15(18)20(13)10-5-6-10)11-8-9(16)4-7-12(11)17/h4,7-8,10H,2-3,5-6,18H2,1H3. The van der Waals surface area contributed by atoms with Gasteiger partial charge in [0.2, 0.25) is 0 Å². The van der Waals surface area contributed by atoms with Crippen molar-refractivity contribution >= 4 is 33.3 Å². The summed E-state index contributed by atoms with van der Waals surface area (Å²) >= 11 is 9.79. The van der Waals surface area contributed by atoms with Crippen LogP contribution < -0.4 is 5.73 Å². The molecule has 5 heteroatoms. The predicted molar refractivity (Wildman–Crippen MR) is 87.1 cm³/mol. The molecule has 0 spiro atoms. The lowest BCUT2D eigenvalue weighted by Crippen LogP contribution is -2.05. The molecular weight excluding hydrogens is 338 g/mol. The molecule has 1 aliphatic carbocycles. The zero-order valence-electron chi connectivity index (χ0n) is 11.4. The molecule has 1 fully saturated rings. The molecular formula is C15H17BrClN3. The molecule has 0 aliphatic heterocycles.